The largest absolute Gasteiger partial charge is 0.394 e. The third kappa shape index (κ3) is 4.93. The van der Waals surface area contributed by atoms with Crippen molar-refractivity contribution in [3.63, 3.8) is 0 Å². The number of ether oxygens (including phenoxy) is 2. The van der Waals surface area contributed by atoms with Gasteiger partial charge in [0.05, 0.1) is 12.7 Å². The van der Waals surface area contributed by atoms with Gasteiger partial charge < -0.3 is 29.6 Å². The molecule has 1 fully saturated rings. The first-order valence-corrected chi connectivity index (χ1v) is 9.55. The highest BCUT2D eigenvalue weighted by Gasteiger charge is 2.44. The Labute approximate surface area is 168 Å². The topological polar surface area (TPSA) is 152 Å². The van der Waals surface area contributed by atoms with Crippen molar-refractivity contribution in [1.29, 1.82) is 0 Å². The molecule has 11 nitrogen and oxygen atoms in total. The van der Waals surface area contributed by atoms with Crippen molar-refractivity contribution in [2.45, 2.75) is 76.8 Å². The summed E-state index contributed by atoms with van der Waals surface area (Å²) in [6.07, 6.45) is -3.07. The highest BCUT2D eigenvalue weighted by atomic mass is 16.7. The van der Waals surface area contributed by atoms with Crippen LogP contribution in [0.15, 0.2) is 17.1 Å². The van der Waals surface area contributed by atoms with Crippen LogP contribution in [-0.2, 0) is 19.1 Å². The molecule has 1 aromatic heterocycles. The lowest BCUT2D eigenvalue weighted by molar-refractivity contribution is -0.176. The Kier molecular flexibility index (Phi) is 7.72. The molecule has 1 aliphatic rings. The first-order valence-electron chi connectivity index (χ1n) is 9.55. The van der Waals surface area contributed by atoms with E-state index in [0.29, 0.717) is 12.8 Å². The highest BCUT2D eigenvalue weighted by Crippen LogP contribution is 2.28. The number of carbonyl (C=O) groups excluding carboxylic acids is 1. The van der Waals surface area contributed by atoms with E-state index in [1.807, 2.05) is 27.7 Å². The molecule has 2 heterocycles. The molecule has 29 heavy (non-hydrogen) atoms. The van der Waals surface area contributed by atoms with Gasteiger partial charge in [-0.25, -0.2) is 15.1 Å². The van der Waals surface area contributed by atoms with Gasteiger partial charge in [-0.1, -0.05) is 13.8 Å². The van der Waals surface area contributed by atoms with E-state index in [4.69, 9.17) is 19.4 Å². The van der Waals surface area contributed by atoms with Gasteiger partial charge >= 0.3 is 11.7 Å². The molecule has 1 aromatic rings. The van der Waals surface area contributed by atoms with Crippen LogP contribution in [0.25, 0.3) is 0 Å². The molecule has 1 saturated heterocycles. The van der Waals surface area contributed by atoms with E-state index in [9.17, 15) is 19.8 Å². The fourth-order valence-electron chi connectivity index (χ4n) is 3.17. The average Bonchev–Trinajstić information content (AvgIpc) is 2.98. The Hall–Kier alpha value is -2.05. The van der Waals surface area contributed by atoms with Gasteiger partial charge in [0.2, 0.25) is 0 Å². The monoisotopic (exact) mass is 415 g/mol. The van der Waals surface area contributed by atoms with Crippen LogP contribution in [0.4, 0.5) is 5.82 Å². The minimum atomic E-state index is -1.41. The van der Waals surface area contributed by atoms with Crippen LogP contribution >= 0.6 is 0 Å². The summed E-state index contributed by atoms with van der Waals surface area (Å²) in [4.78, 5) is 33.6. The van der Waals surface area contributed by atoms with Crippen LogP contribution in [0, 0.1) is 0 Å². The molecule has 0 radical (unpaired) electrons. The number of aromatic nitrogens is 2. The molecule has 0 saturated carbocycles. The van der Waals surface area contributed by atoms with E-state index in [1.54, 1.807) is 0 Å². The van der Waals surface area contributed by atoms with Gasteiger partial charge in [-0.15, -0.1) is 0 Å². The Balaban J connectivity index is 2.09. The molecule has 164 valence electrons. The Morgan fingerprint density at radius 2 is 2.00 bits per heavy atom. The zero-order chi connectivity index (χ0) is 21.8. The van der Waals surface area contributed by atoms with Crippen molar-refractivity contribution < 1.29 is 34.4 Å². The molecule has 1 aliphatic heterocycles. The van der Waals surface area contributed by atoms with Crippen LogP contribution in [0.3, 0.4) is 0 Å². The fourth-order valence-corrected chi connectivity index (χ4v) is 3.17. The molecule has 4 atom stereocenters. The first kappa shape index (κ1) is 23.2. The quantitative estimate of drug-likeness (QED) is 0.396. The summed E-state index contributed by atoms with van der Waals surface area (Å²) < 4.78 is 12.0. The van der Waals surface area contributed by atoms with Gasteiger partial charge in [-0.3, -0.25) is 4.57 Å². The van der Waals surface area contributed by atoms with Gasteiger partial charge in [0, 0.05) is 12.3 Å². The standard InChI is InChI=1S/C18H29N3O8/c1-5-18(6-2,28-10(3)4)16(25)29-20-12-7-8-21(17(26)19-12)15-14(24)13(23)11(9-22)27-15/h7-8,10-11,13-15,22-24H,5-6,9H2,1-4H3,(H,19,20,26)/t11-,13-,14-,15-/m1/s1. The SMILES string of the molecule is CCC(CC)(OC(C)C)C(=O)ONc1ccn([C@@H]2O[C@H](CO)[C@@H](O)[C@H]2O)c(=O)n1. The van der Waals surface area contributed by atoms with Crippen LogP contribution in [0.1, 0.15) is 46.8 Å². The van der Waals surface area contributed by atoms with Crippen LogP contribution in [-0.4, -0.2) is 67.5 Å². The molecule has 0 unspecified atom stereocenters. The number of aliphatic hydroxyl groups excluding tert-OH is 3. The van der Waals surface area contributed by atoms with Crippen molar-refractivity contribution in [1.82, 2.24) is 9.55 Å². The average molecular weight is 415 g/mol. The maximum Gasteiger partial charge on any atom is 0.363 e. The summed E-state index contributed by atoms with van der Waals surface area (Å²) in [5.41, 5.74) is 0.417. The molecule has 0 bridgehead atoms. The molecule has 4 N–H and O–H groups in total. The molecule has 11 heteroatoms. The number of anilines is 1. The minimum absolute atomic E-state index is 0.0306. The molecular weight excluding hydrogens is 386 g/mol. The van der Waals surface area contributed by atoms with Crippen molar-refractivity contribution in [2.75, 3.05) is 12.1 Å². The number of nitrogens with zero attached hydrogens (tertiary/aromatic N) is 2. The predicted molar refractivity (Wildman–Crippen MR) is 101 cm³/mol. The van der Waals surface area contributed by atoms with Gasteiger partial charge in [0.15, 0.2) is 17.6 Å². The van der Waals surface area contributed by atoms with E-state index in [-0.39, 0.29) is 11.9 Å². The van der Waals surface area contributed by atoms with Gasteiger partial charge in [-0.2, -0.15) is 4.98 Å². The maximum absolute atomic E-state index is 12.5. The first-order chi connectivity index (χ1) is 13.7. The van der Waals surface area contributed by atoms with Gasteiger partial charge in [0.25, 0.3) is 0 Å². The lowest BCUT2D eigenvalue weighted by Crippen LogP contribution is -2.44. The van der Waals surface area contributed by atoms with Crippen molar-refractivity contribution in [3.8, 4) is 0 Å². The molecule has 0 aliphatic carbocycles. The number of nitrogens with one attached hydrogen (secondary N) is 1. The van der Waals surface area contributed by atoms with Crippen molar-refractivity contribution >= 4 is 11.8 Å². The molecule has 0 spiro atoms. The zero-order valence-electron chi connectivity index (χ0n) is 16.9. The molecular formula is C18H29N3O8. The molecule has 0 amide bonds. The summed E-state index contributed by atoms with van der Waals surface area (Å²) in [7, 11) is 0. The number of hydrogen-bond acceptors (Lipinski definition) is 10. The van der Waals surface area contributed by atoms with E-state index in [2.05, 4.69) is 10.5 Å². The lowest BCUT2D eigenvalue weighted by Gasteiger charge is -2.31. The van der Waals surface area contributed by atoms with Crippen LogP contribution in [0.5, 0.6) is 0 Å². The van der Waals surface area contributed by atoms with Gasteiger partial charge in [-0.05, 0) is 26.7 Å². The summed E-state index contributed by atoms with van der Waals surface area (Å²) >= 11 is 0. The van der Waals surface area contributed by atoms with E-state index in [1.165, 1.54) is 12.3 Å². The van der Waals surface area contributed by atoms with Crippen LogP contribution in [0.2, 0.25) is 0 Å². The zero-order valence-corrected chi connectivity index (χ0v) is 16.9. The number of carbonyl (C=O) groups is 1. The Morgan fingerprint density at radius 1 is 1.34 bits per heavy atom. The summed E-state index contributed by atoms with van der Waals surface area (Å²) in [6.45, 7) is 6.75. The number of hydrogen-bond donors (Lipinski definition) is 4. The number of aliphatic hydroxyl groups is 3. The summed E-state index contributed by atoms with van der Waals surface area (Å²) in [6, 6.07) is 1.34. The van der Waals surface area contributed by atoms with Crippen molar-refractivity contribution in [3.05, 3.63) is 22.7 Å². The third-order valence-corrected chi connectivity index (χ3v) is 4.85. The van der Waals surface area contributed by atoms with Crippen LogP contribution < -0.4 is 11.2 Å². The fraction of sp³-hybridized carbons (Fsp3) is 0.722. The highest BCUT2D eigenvalue weighted by molar-refractivity contribution is 5.80. The summed E-state index contributed by atoms with van der Waals surface area (Å²) in [5.74, 6) is -0.664. The second kappa shape index (κ2) is 9.63. The third-order valence-electron chi connectivity index (χ3n) is 4.85. The predicted octanol–water partition coefficient (Wildman–Crippen LogP) is -0.291. The lowest BCUT2D eigenvalue weighted by atomic mass is 9.97. The molecule has 0 aromatic carbocycles. The van der Waals surface area contributed by atoms with E-state index < -0.39 is 48.4 Å². The normalized spacial score (nSPS) is 24.7. The van der Waals surface area contributed by atoms with Gasteiger partial charge in [0.1, 0.15) is 18.3 Å². The maximum atomic E-state index is 12.5. The van der Waals surface area contributed by atoms with E-state index >= 15 is 0 Å². The minimum Gasteiger partial charge on any atom is -0.394 e. The second-order valence-electron chi connectivity index (χ2n) is 7.09. The molecule has 2 rings (SSSR count). The van der Waals surface area contributed by atoms with Crippen molar-refractivity contribution in [2.24, 2.45) is 0 Å². The second-order valence-corrected chi connectivity index (χ2v) is 7.09. The summed E-state index contributed by atoms with van der Waals surface area (Å²) in [5, 5.41) is 29.0. The Bertz CT molecular complexity index is 749. The number of rotatable bonds is 9. The Morgan fingerprint density at radius 3 is 2.48 bits per heavy atom. The smallest absolute Gasteiger partial charge is 0.363 e. The van der Waals surface area contributed by atoms with E-state index in [0.717, 1.165) is 4.57 Å².